The minimum atomic E-state index is -0.0522. The molecule has 4 rings (SSSR count). The lowest BCUT2D eigenvalue weighted by molar-refractivity contribution is -0.120. The fourth-order valence-corrected chi connectivity index (χ4v) is 3.59. The van der Waals surface area contributed by atoms with Gasteiger partial charge in [0.2, 0.25) is 5.91 Å². The van der Waals surface area contributed by atoms with Gasteiger partial charge in [-0.25, -0.2) is 4.98 Å². The number of hydrogen-bond acceptors (Lipinski definition) is 5. The Balaban J connectivity index is 1.29. The largest absolute Gasteiger partial charge is 0.356 e. The van der Waals surface area contributed by atoms with Gasteiger partial charge in [0.25, 0.3) is 0 Å². The molecule has 0 unspecified atom stereocenters. The first-order valence-electron chi connectivity index (χ1n) is 8.80. The number of hydrogen-bond donors (Lipinski definition) is 1. The Morgan fingerprint density at radius 1 is 1.15 bits per heavy atom. The summed E-state index contributed by atoms with van der Waals surface area (Å²) >= 11 is 1.65. The number of amides is 1. The lowest BCUT2D eigenvalue weighted by Gasteiger charge is -2.05. The molecule has 6 heteroatoms. The third-order valence-electron chi connectivity index (χ3n) is 4.38. The predicted molar refractivity (Wildman–Crippen MR) is 107 cm³/mol. The molecule has 0 fully saturated rings. The molecule has 0 saturated carbocycles. The van der Waals surface area contributed by atoms with E-state index in [0.29, 0.717) is 17.8 Å². The van der Waals surface area contributed by atoms with Crippen molar-refractivity contribution in [3.05, 3.63) is 70.2 Å². The van der Waals surface area contributed by atoms with E-state index in [1.54, 1.807) is 11.3 Å². The number of carbonyl (C=O) groups excluding carboxylic acids is 1. The molecule has 2 aromatic carbocycles. The molecule has 0 atom stereocenters. The molecule has 27 heavy (non-hydrogen) atoms. The third kappa shape index (κ3) is 4.06. The van der Waals surface area contributed by atoms with Gasteiger partial charge in [-0.2, -0.15) is 0 Å². The van der Waals surface area contributed by atoms with Gasteiger partial charge >= 0.3 is 0 Å². The zero-order valence-electron chi connectivity index (χ0n) is 14.9. The molecule has 0 aliphatic heterocycles. The molecular weight excluding hydrogens is 358 g/mol. The molecule has 0 bridgehead atoms. The minimum absolute atomic E-state index is 0.0522. The molecule has 2 aromatic heterocycles. The number of thiazole rings is 1. The Kier molecular flexibility index (Phi) is 4.98. The topological polar surface area (TPSA) is 68.0 Å². The fraction of sp³-hybridized carbons (Fsp3) is 0.190. The van der Waals surface area contributed by atoms with E-state index in [1.165, 1.54) is 5.56 Å². The molecule has 2 heterocycles. The van der Waals surface area contributed by atoms with Crippen LogP contribution in [0.1, 0.15) is 16.3 Å². The maximum atomic E-state index is 12.2. The first-order valence-corrected chi connectivity index (χ1v) is 9.68. The lowest BCUT2D eigenvalue weighted by Crippen LogP contribution is -2.27. The molecule has 0 aliphatic carbocycles. The number of aromatic nitrogens is 2. The highest BCUT2D eigenvalue weighted by molar-refractivity contribution is 7.09. The molecule has 0 aliphatic rings. The first kappa shape index (κ1) is 17.4. The van der Waals surface area contributed by atoms with Crippen molar-refractivity contribution in [3.63, 3.8) is 0 Å². The van der Waals surface area contributed by atoms with Crippen molar-refractivity contribution in [2.75, 3.05) is 6.54 Å². The Labute approximate surface area is 161 Å². The van der Waals surface area contributed by atoms with Gasteiger partial charge in [-0.05, 0) is 31.0 Å². The molecule has 0 radical (unpaired) electrons. The van der Waals surface area contributed by atoms with E-state index in [0.717, 1.165) is 28.1 Å². The summed E-state index contributed by atoms with van der Waals surface area (Å²) in [6, 6.07) is 15.9. The molecule has 0 saturated heterocycles. The number of fused-ring (bicyclic) bond motifs is 1. The number of aryl methyl sites for hydroxylation is 1. The van der Waals surface area contributed by atoms with Crippen molar-refractivity contribution in [1.29, 1.82) is 0 Å². The minimum Gasteiger partial charge on any atom is -0.356 e. The lowest BCUT2D eigenvalue weighted by atomic mass is 10.1. The molecule has 0 spiro atoms. The molecule has 136 valence electrons. The Morgan fingerprint density at radius 2 is 1.96 bits per heavy atom. The fourth-order valence-electron chi connectivity index (χ4n) is 2.96. The van der Waals surface area contributed by atoms with Crippen LogP contribution in [0.4, 0.5) is 0 Å². The highest BCUT2D eigenvalue weighted by Crippen LogP contribution is 2.22. The number of nitrogens with zero attached hydrogens (tertiary/aromatic N) is 2. The van der Waals surface area contributed by atoms with Crippen molar-refractivity contribution in [2.45, 2.75) is 19.8 Å². The van der Waals surface area contributed by atoms with Crippen molar-refractivity contribution in [1.82, 2.24) is 15.5 Å². The van der Waals surface area contributed by atoms with E-state index in [-0.39, 0.29) is 12.3 Å². The third-order valence-corrected chi connectivity index (χ3v) is 5.16. The Hall–Kier alpha value is -2.99. The van der Waals surface area contributed by atoms with Crippen LogP contribution in [0, 0.1) is 6.92 Å². The van der Waals surface area contributed by atoms with Crippen LogP contribution >= 0.6 is 11.3 Å². The quantitative estimate of drug-likeness (QED) is 0.548. The molecule has 1 amide bonds. The second kappa shape index (κ2) is 7.72. The molecule has 5 nitrogen and oxygen atoms in total. The van der Waals surface area contributed by atoms with Crippen LogP contribution in [0.5, 0.6) is 0 Å². The van der Waals surface area contributed by atoms with Gasteiger partial charge in [-0.3, -0.25) is 4.79 Å². The predicted octanol–water partition coefficient (Wildman–Crippen LogP) is 4.16. The summed E-state index contributed by atoms with van der Waals surface area (Å²) in [6.07, 6.45) is 1.00. The van der Waals surface area contributed by atoms with Crippen LogP contribution in [-0.2, 0) is 17.6 Å². The standard InChI is InChI=1S/C21H19N3O2S/c1-14-23-19(13-27-14)16-8-6-15(7-9-16)10-11-22-21(25)12-18-17-4-2-3-5-20(17)26-24-18/h2-9,13H,10-12H2,1H3,(H,22,25). The number of nitrogens with one attached hydrogen (secondary N) is 1. The molecular formula is C21H19N3O2S. The van der Waals surface area contributed by atoms with E-state index in [4.69, 9.17) is 4.52 Å². The zero-order chi connectivity index (χ0) is 18.6. The average molecular weight is 377 g/mol. The summed E-state index contributed by atoms with van der Waals surface area (Å²) in [5, 5.41) is 11.0. The molecule has 4 aromatic rings. The van der Waals surface area contributed by atoms with E-state index in [1.807, 2.05) is 31.2 Å². The van der Waals surface area contributed by atoms with Gasteiger partial charge in [0, 0.05) is 22.9 Å². The number of carbonyl (C=O) groups is 1. The number of para-hydroxylation sites is 1. The van der Waals surface area contributed by atoms with Crippen molar-refractivity contribution < 1.29 is 9.32 Å². The van der Waals surface area contributed by atoms with Gasteiger partial charge in [-0.1, -0.05) is 41.6 Å². The van der Waals surface area contributed by atoms with Gasteiger partial charge in [-0.15, -0.1) is 11.3 Å². The highest BCUT2D eigenvalue weighted by Gasteiger charge is 2.11. The van der Waals surface area contributed by atoms with Crippen molar-refractivity contribution in [3.8, 4) is 11.3 Å². The maximum absolute atomic E-state index is 12.2. The maximum Gasteiger partial charge on any atom is 0.226 e. The monoisotopic (exact) mass is 377 g/mol. The van der Waals surface area contributed by atoms with Crippen LogP contribution in [0.15, 0.2) is 58.4 Å². The van der Waals surface area contributed by atoms with Crippen LogP contribution in [0.25, 0.3) is 22.2 Å². The van der Waals surface area contributed by atoms with E-state index in [2.05, 4.69) is 45.1 Å². The summed E-state index contributed by atoms with van der Waals surface area (Å²) in [6.45, 7) is 2.59. The van der Waals surface area contributed by atoms with Crippen molar-refractivity contribution in [2.24, 2.45) is 0 Å². The Bertz CT molecular complexity index is 1070. The van der Waals surface area contributed by atoms with E-state index >= 15 is 0 Å². The Morgan fingerprint density at radius 3 is 2.74 bits per heavy atom. The van der Waals surface area contributed by atoms with Crippen LogP contribution in [0.2, 0.25) is 0 Å². The molecule has 1 N–H and O–H groups in total. The highest BCUT2D eigenvalue weighted by atomic mass is 32.1. The smallest absolute Gasteiger partial charge is 0.226 e. The summed E-state index contributed by atoms with van der Waals surface area (Å²) in [5.41, 5.74) is 4.68. The summed E-state index contributed by atoms with van der Waals surface area (Å²) in [5.74, 6) is -0.0522. The summed E-state index contributed by atoms with van der Waals surface area (Å²) < 4.78 is 5.24. The summed E-state index contributed by atoms with van der Waals surface area (Å²) in [7, 11) is 0. The van der Waals surface area contributed by atoms with Gasteiger partial charge < -0.3 is 9.84 Å². The van der Waals surface area contributed by atoms with Crippen LogP contribution < -0.4 is 5.32 Å². The number of benzene rings is 2. The van der Waals surface area contributed by atoms with E-state index < -0.39 is 0 Å². The van der Waals surface area contributed by atoms with Crippen LogP contribution in [-0.4, -0.2) is 22.6 Å². The second-order valence-electron chi connectivity index (χ2n) is 6.35. The summed E-state index contributed by atoms with van der Waals surface area (Å²) in [4.78, 5) is 16.7. The van der Waals surface area contributed by atoms with Crippen LogP contribution in [0.3, 0.4) is 0 Å². The van der Waals surface area contributed by atoms with Gasteiger partial charge in [0.05, 0.1) is 17.1 Å². The first-order chi connectivity index (χ1) is 13.2. The second-order valence-corrected chi connectivity index (χ2v) is 7.41. The van der Waals surface area contributed by atoms with E-state index in [9.17, 15) is 4.79 Å². The zero-order valence-corrected chi connectivity index (χ0v) is 15.8. The van der Waals surface area contributed by atoms with Gasteiger partial charge in [0.15, 0.2) is 5.58 Å². The van der Waals surface area contributed by atoms with Crippen molar-refractivity contribution >= 4 is 28.2 Å². The SMILES string of the molecule is Cc1nc(-c2ccc(CCNC(=O)Cc3noc4ccccc34)cc2)cs1. The number of rotatable bonds is 6. The normalized spacial score (nSPS) is 11.0. The average Bonchev–Trinajstić information content (AvgIpc) is 3.29. The van der Waals surface area contributed by atoms with Gasteiger partial charge in [0.1, 0.15) is 5.69 Å².